The summed E-state index contributed by atoms with van der Waals surface area (Å²) in [5, 5.41) is 0. The third-order valence-electron chi connectivity index (χ3n) is 3.31. The Kier molecular flexibility index (Phi) is 9.75. The van der Waals surface area contributed by atoms with Crippen LogP contribution in [0.2, 0.25) is 0 Å². The van der Waals surface area contributed by atoms with Gasteiger partial charge < -0.3 is 9.47 Å². The molecule has 0 atom stereocenters. The number of hydrogen-bond donors (Lipinski definition) is 0. The molecule has 0 spiro atoms. The van der Waals surface area contributed by atoms with Crippen LogP contribution >= 0.6 is 21.6 Å². The molecule has 0 heterocycles. The normalized spacial score (nSPS) is 10.3. The van der Waals surface area contributed by atoms with E-state index in [1.807, 2.05) is 36.4 Å². The van der Waals surface area contributed by atoms with Crippen molar-refractivity contribution in [3.05, 3.63) is 71.8 Å². The van der Waals surface area contributed by atoms with Crippen LogP contribution in [-0.4, -0.2) is 36.7 Å². The van der Waals surface area contributed by atoms with Crippen molar-refractivity contribution in [2.75, 3.05) is 24.7 Å². The molecule has 0 N–H and O–H groups in total. The Morgan fingerprint density at radius 3 is 1.42 bits per heavy atom. The maximum atomic E-state index is 11.7. The summed E-state index contributed by atoms with van der Waals surface area (Å²) >= 11 is 0. The van der Waals surface area contributed by atoms with Gasteiger partial charge in [-0.25, -0.2) is 9.59 Å². The van der Waals surface area contributed by atoms with Gasteiger partial charge in [0.05, 0.1) is 24.3 Å². The maximum Gasteiger partial charge on any atom is 0.338 e. The minimum atomic E-state index is -0.275. The highest BCUT2D eigenvalue weighted by atomic mass is 33.1. The van der Waals surface area contributed by atoms with Crippen molar-refractivity contribution in [1.82, 2.24) is 0 Å². The Labute approximate surface area is 162 Å². The van der Waals surface area contributed by atoms with E-state index in [0.717, 1.165) is 24.3 Å². The largest absolute Gasteiger partial charge is 0.462 e. The SMILES string of the molecule is O=C(OCCCSSCCCOC(=O)c1ccccc1)c1ccccc1. The molecule has 0 aromatic heterocycles. The molecule has 0 aliphatic heterocycles. The van der Waals surface area contributed by atoms with E-state index in [9.17, 15) is 9.59 Å². The molecule has 0 radical (unpaired) electrons. The fraction of sp³-hybridized carbons (Fsp3) is 0.300. The smallest absolute Gasteiger partial charge is 0.338 e. The summed E-state index contributed by atoms with van der Waals surface area (Å²) in [6.07, 6.45) is 1.64. The van der Waals surface area contributed by atoms with E-state index in [0.29, 0.717) is 24.3 Å². The third-order valence-corrected chi connectivity index (χ3v) is 5.89. The predicted molar refractivity (Wildman–Crippen MR) is 108 cm³/mol. The molecule has 6 heteroatoms. The monoisotopic (exact) mass is 390 g/mol. The molecule has 0 saturated heterocycles. The zero-order valence-electron chi connectivity index (χ0n) is 14.5. The first-order valence-electron chi connectivity index (χ1n) is 8.46. The number of carbonyl (C=O) groups excluding carboxylic acids is 2. The summed E-state index contributed by atoms with van der Waals surface area (Å²) in [5.41, 5.74) is 1.17. The summed E-state index contributed by atoms with van der Waals surface area (Å²) in [7, 11) is 3.48. The fourth-order valence-electron chi connectivity index (χ4n) is 2.00. The van der Waals surface area contributed by atoms with Crippen molar-refractivity contribution in [3.63, 3.8) is 0 Å². The minimum absolute atomic E-state index is 0.275. The van der Waals surface area contributed by atoms with Crippen LogP contribution in [0.3, 0.4) is 0 Å². The van der Waals surface area contributed by atoms with E-state index in [1.165, 1.54) is 0 Å². The van der Waals surface area contributed by atoms with Gasteiger partial charge in [-0.15, -0.1) is 0 Å². The zero-order chi connectivity index (χ0) is 18.5. The van der Waals surface area contributed by atoms with Gasteiger partial charge in [-0.1, -0.05) is 58.0 Å². The highest BCUT2D eigenvalue weighted by Crippen LogP contribution is 2.22. The zero-order valence-corrected chi connectivity index (χ0v) is 16.1. The topological polar surface area (TPSA) is 52.6 Å². The van der Waals surface area contributed by atoms with Crippen LogP contribution in [0.5, 0.6) is 0 Å². The molecule has 138 valence electrons. The van der Waals surface area contributed by atoms with Crippen LogP contribution in [0.25, 0.3) is 0 Å². The third kappa shape index (κ3) is 7.97. The maximum absolute atomic E-state index is 11.7. The Hall–Kier alpha value is -1.92. The average Bonchev–Trinajstić information content (AvgIpc) is 2.70. The van der Waals surface area contributed by atoms with Gasteiger partial charge in [0.1, 0.15) is 0 Å². The average molecular weight is 391 g/mol. The van der Waals surface area contributed by atoms with Gasteiger partial charge in [0, 0.05) is 11.5 Å². The first kappa shape index (κ1) is 20.4. The van der Waals surface area contributed by atoms with E-state index >= 15 is 0 Å². The summed E-state index contributed by atoms with van der Waals surface area (Å²) in [5.74, 6) is 1.28. The molecule has 0 aliphatic rings. The molecule has 0 saturated carbocycles. The fourth-order valence-corrected chi connectivity index (χ4v) is 4.12. The second kappa shape index (κ2) is 12.4. The quantitative estimate of drug-likeness (QED) is 0.310. The van der Waals surface area contributed by atoms with Crippen LogP contribution in [0.15, 0.2) is 60.7 Å². The molecule has 0 bridgehead atoms. The highest BCUT2D eigenvalue weighted by molar-refractivity contribution is 8.76. The minimum Gasteiger partial charge on any atom is -0.462 e. The second-order valence-electron chi connectivity index (χ2n) is 5.35. The lowest BCUT2D eigenvalue weighted by Gasteiger charge is -2.05. The molecular formula is C20H22O4S2. The van der Waals surface area contributed by atoms with Crippen molar-refractivity contribution >= 4 is 33.5 Å². The Bertz CT molecular complexity index is 603. The Morgan fingerprint density at radius 2 is 1.04 bits per heavy atom. The lowest BCUT2D eigenvalue weighted by atomic mass is 10.2. The van der Waals surface area contributed by atoms with Gasteiger partial charge in [0.15, 0.2) is 0 Å². The van der Waals surface area contributed by atoms with Crippen LogP contribution in [0, 0.1) is 0 Å². The lowest BCUT2D eigenvalue weighted by molar-refractivity contribution is 0.0497. The van der Waals surface area contributed by atoms with Crippen LogP contribution in [-0.2, 0) is 9.47 Å². The summed E-state index contributed by atoms with van der Waals surface area (Å²) < 4.78 is 10.4. The predicted octanol–water partition coefficient (Wildman–Crippen LogP) is 4.86. The summed E-state index contributed by atoms with van der Waals surface area (Å²) in [6.45, 7) is 0.853. The van der Waals surface area contributed by atoms with Crippen molar-refractivity contribution in [2.24, 2.45) is 0 Å². The molecule has 26 heavy (non-hydrogen) atoms. The number of hydrogen-bond acceptors (Lipinski definition) is 6. The molecule has 0 aliphatic carbocycles. The van der Waals surface area contributed by atoms with Gasteiger partial charge in [0.2, 0.25) is 0 Å². The number of ether oxygens (including phenoxy) is 2. The molecule has 2 aromatic rings. The van der Waals surface area contributed by atoms with Crippen molar-refractivity contribution in [3.8, 4) is 0 Å². The second-order valence-corrected chi connectivity index (χ2v) is 8.06. The summed E-state index contributed by atoms with van der Waals surface area (Å²) in [4.78, 5) is 23.5. The summed E-state index contributed by atoms with van der Waals surface area (Å²) in [6, 6.07) is 18.0. The van der Waals surface area contributed by atoms with Crippen LogP contribution in [0.1, 0.15) is 33.6 Å². The molecule has 2 rings (SSSR count). The van der Waals surface area contributed by atoms with Crippen LogP contribution in [0.4, 0.5) is 0 Å². The van der Waals surface area contributed by atoms with E-state index in [1.54, 1.807) is 45.9 Å². The van der Waals surface area contributed by atoms with Crippen molar-refractivity contribution in [1.29, 1.82) is 0 Å². The molecule has 4 nitrogen and oxygen atoms in total. The van der Waals surface area contributed by atoms with E-state index in [4.69, 9.17) is 9.47 Å². The van der Waals surface area contributed by atoms with Crippen molar-refractivity contribution in [2.45, 2.75) is 12.8 Å². The Morgan fingerprint density at radius 1 is 0.654 bits per heavy atom. The molecule has 0 fully saturated rings. The molecular weight excluding hydrogens is 368 g/mol. The van der Waals surface area contributed by atoms with E-state index in [2.05, 4.69) is 0 Å². The van der Waals surface area contributed by atoms with Gasteiger partial charge in [0.25, 0.3) is 0 Å². The molecule has 2 aromatic carbocycles. The van der Waals surface area contributed by atoms with E-state index in [-0.39, 0.29) is 11.9 Å². The standard InChI is InChI=1S/C20H22O4S2/c21-19(17-9-3-1-4-10-17)23-13-7-15-25-26-16-8-14-24-20(22)18-11-5-2-6-12-18/h1-6,9-12H,7-8,13-16H2. The van der Waals surface area contributed by atoms with E-state index < -0.39 is 0 Å². The number of esters is 2. The lowest BCUT2D eigenvalue weighted by Crippen LogP contribution is -2.07. The Balaban J connectivity index is 1.41. The molecule has 0 unspecified atom stereocenters. The van der Waals surface area contributed by atoms with Crippen molar-refractivity contribution < 1.29 is 19.1 Å². The van der Waals surface area contributed by atoms with Gasteiger partial charge >= 0.3 is 11.9 Å². The first-order valence-corrected chi connectivity index (χ1v) is 10.9. The number of carbonyl (C=O) groups is 2. The van der Waals surface area contributed by atoms with Gasteiger partial charge in [-0.05, 0) is 37.1 Å². The molecule has 0 amide bonds. The van der Waals surface area contributed by atoms with Crippen LogP contribution < -0.4 is 0 Å². The highest BCUT2D eigenvalue weighted by Gasteiger charge is 2.06. The van der Waals surface area contributed by atoms with Gasteiger partial charge in [-0.3, -0.25) is 0 Å². The first-order chi connectivity index (χ1) is 12.8. The number of benzene rings is 2. The van der Waals surface area contributed by atoms with Gasteiger partial charge in [-0.2, -0.15) is 0 Å². The number of rotatable bonds is 11.